The molecular weight excluding hydrogens is 276 g/mol. The lowest BCUT2D eigenvalue weighted by atomic mass is 9.95. The molecule has 4 rings (SSSR count). The Balaban J connectivity index is 1.49. The van der Waals surface area contributed by atoms with Crippen LogP contribution in [0.15, 0.2) is 12.4 Å². The third-order valence-electron chi connectivity index (χ3n) is 5.59. The van der Waals surface area contributed by atoms with Crippen LogP contribution in [-0.4, -0.2) is 51.9 Å². The van der Waals surface area contributed by atoms with Gasteiger partial charge in [-0.25, -0.2) is 4.98 Å². The second-order valence-electron chi connectivity index (χ2n) is 7.10. The topological polar surface area (TPSA) is 52.2 Å². The van der Waals surface area contributed by atoms with Gasteiger partial charge in [0.1, 0.15) is 5.82 Å². The third kappa shape index (κ3) is 2.67. The van der Waals surface area contributed by atoms with Crippen LogP contribution in [0.2, 0.25) is 0 Å². The maximum Gasteiger partial charge on any atom is 0.226 e. The fourth-order valence-corrected chi connectivity index (χ4v) is 4.03. The summed E-state index contributed by atoms with van der Waals surface area (Å²) in [6.07, 6.45) is 8.75. The van der Waals surface area contributed by atoms with Crippen LogP contribution in [0.3, 0.4) is 0 Å². The molecule has 22 heavy (non-hydrogen) atoms. The number of amides is 1. The van der Waals surface area contributed by atoms with Crippen LogP contribution in [0, 0.1) is 17.8 Å². The average Bonchev–Trinajstić information content (AvgIpc) is 3.48. The Labute approximate surface area is 132 Å². The van der Waals surface area contributed by atoms with Gasteiger partial charge in [0.25, 0.3) is 0 Å². The number of aromatic amines is 1. The second kappa shape index (κ2) is 5.69. The van der Waals surface area contributed by atoms with Crippen LogP contribution in [0.4, 0.5) is 0 Å². The second-order valence-corrected chi connectivity index (χ2v) is 7.10. The van der Waals surface area contributed by atoms with E-state index in [0.29, 0.717) is 23.7 Å². The van der Waals surface area contributed by atoms with E-state index in [4.69, 9.17) is 0 Å². The monoisotopic (exact) mass is 302 g/mol. The molecule has 2 aliphatic carbocycles. The van der Waals surface area contributed by atoms with Gasteiger partial charge >= 0.3 is 0 Å². The van der Waals surface area contributed by atoms with Gasteiger partial charge < -0.3 is 9.88 Å². The molecule has 1 aliphatic heterocycles. The Kier molecular flexibility index (Phi) is 3.68. The van der Waals surface area contributed by atoms with Gasteiger partial charge in [0, 0.05) is 37.9 Å². The number of aromatic nitrogens is 2. The summed E-state index contributed by atoms with van der Waals surface area (Å²) in [5.74, 6) is 3.12. The first-order valence-corrected chi connectivity index (χ1v) is 8.80. The van der Waals surface area contributed by atoms with Crippen molar-refractivity contribution < 1.29 is 4.79 Å². The fourth-order valence-electron chi connectivity index (χ4n) is 4.03. The maximum absolute atomic E-state index is 13.0. The Morgan fingerprint density at radius 2 is 2.05 bits per heavy atom. The summed E-state index contributed by atoms with van der Waals surface area (Å²) >= 11 is 0. The fraction of sp³-hybridized carbons (Fsp3) is 0.765. The molecule has 1 saturated heterocycles. The smallest absolute Gasteiger partial charge is 0.226 e. The molecule has 2 saturated carbocycles. The summed E-state index contributed by atoms with van der Waals surface area (Å²) in [5.41, 5.74) is 0. The van der Waals surface area contributed by atoms with Gasteiger partial charge in [0.2, 0.25) is 5.91 Å². The van der Waals surface area contributed by atoms with Crippen molar-refractivity contribution in [2.24, 2.45) is 17.8 Å². The van der Waals surface area contributed by atoms with Crippen LogP contribution in [-0.2, 0) is 4.79 Å². The van der Waals surface area contributed by atoms with Gasteiger partial charge in [-0.2, -0.15) is 0 Å². The highest BCUT2D eigenvalue weighted by Gasteiger charge is 2.47. The van der Waals surface area contributed by atoms with Gasteiger partial charge in [0.15, 0.2) is 0 Å². The van der Waals surface area contributed by atoms with E-state index >= 15 is 0 Å². The van der Waals surface area contributed by atoms with E-state index in [1.54, 1.807) is 6.20 Å². The molecule has 0 radical (unpaired) electrons. The molecule has 0 bridgehead atoms. The number of piperazine rings is 1. The zero-order chi connectivity index (χ0) is 15.1. The van der Waals surface area contributed by atoms with Crippen molar-refractivity contribution in [1.82, 2.24) is 19.8 Å². The molecule has 0 unspecified atom stereocenters. The van der Waals surface area contributed by atoms with Gasteiger partial charge in [-0.05, 0) is 44.1 Å². The van der Waals surface area contributed by atoms with Gasteiger partial charge in [-0.1, -0.05) is 6.92 Å². The molecule has 5 heteroatoms. The first-order chi connectivity index (χ1) is 10.8. The predicted octanol–water partition coefficient (Wildman–Crippen LogP) is 2.05. The normalized spacial score (nSPS) is 26.6. The molecular formula is C17H26N4O. The number of H-pyrrole nitrogens is 1. The number of hydrogen-bond acceptors (Lipinski definition) is 3. The van der Waals surface area contributed by atoms with Crippen molar-refractivity contribution >= 4 is 5.91 Å². The van der Waals surface area contributed by atoms with Crippen molar-refractivity contribution in [3.05, 3.63) is 18.2 Å². The van der Waals surface area contributed by atoms with Crippen LogP contribution >= 0.6 is 0 Å². The minimum absolute atomic E-state index is 0.219. The summed E-state index contributed by atoms with van der Waals surface area (Å²) in [7, 11) is 0. The summed E-state index contributed by atoms with van der Waals surface area (Å²) in [6.45, 7) is 5.80. The lowest BCUT2D eigenvalue weighted by molar-refractivity contribution is -0.140. The molecule has 1 amide bonds. The molecule has 3 aliphatic rings. The molecule has 3 fully saturated rings. The molecule has 1 aromatic rings. The molecule has 5 nitrogen and oxygen atoms in total. The molecule has 0 aromatic carbocycles. The standard InChI is InChI=1S/C17H26N4O/c1-2-20-9-10-21(11-14(20)16-18-7-8-19-16)17(22)15(12-3-4-12)13-5-6-13/h7-8,12-15H,2-6,9-11H2,1H3,(H,18,19)/t14-/m0/s1. The summed E-state index contributed by atoms with van der Waals surface area (Å²) < 4.78 is 0. The van der Waals surface area contributed by atoms with Crippen LogP contribution in [0.25, 0.3) is 0 Å². The molecule has 1 atom stereocenters. The van der Waals surface area contributed by atoms with E-state index in [9.17, 15) is 4.79 Å². The lowest BCUT2D eigenvalue weighted by Gasteiger charge is -2.41. The van der Waals surface area contributed by atoms with E-state index in [-0.39, 0.29) is 6.04 Å². The van der Waals surface area contributed by atoms with Crippen LogP contribution < -0.4 is 0 Å². The highest BCUT2D eigenvalue weighted by Crippen LogP contribution is 2.50. The molecule has 1 N–H and O–H groups in total. The van der Waals surface area contributed by atoms with E-state index in [0.717, 1.165) is 32.0 Å². The minimum Gasteiger partial charge on any atom is -0.347 e. The quantitative estimate of drug-likeness (QED) is 0.905. The SMILES string of the molecule is CCN1CCN(C(=O)C(C2CC2)C2CC2)C[C@H]1c1ncc[nH]1. The number of likely N-dealkylation sites (N-methyl/N-ethyl adjacent to an activating group) is 1. The van der Waals surface area contributed by atoms with Crippen LogP contribution in [0.1, 0.15) is 44.5 Å². The highest BCUT2D eigenvalue weighted by atomic mass is 16.2. The Bertz CT molecular complexity index is 509. The summed E-state index contributed by atoms with van der Waals surface area (Å²) in [6, 6.07) is 0.219. The Morgan fingerprint density at radius 3 is 2.59 bits per heavy atom. The largest absolute Gasteiger partial charge is 0.347 e. The van der Waals surface area contributed by atoms with E-state index in [1.165, 1.54) is 25.7 Å². The molecule has 0 spiro atoms. The first-order valence-electron chi connectivity index (χ1n) is 8.80. The number of imidazole rings is 1. The maximum atomic E-state index is 13.0. The summed E-state index contributed by atoms with van der Waals surface area (Å²) in [5, 5.41) is 0. The number of rotatable bonds is 5. The van der Waals surface area contributed by atoms with Crippen molar-refractivity contribution in [3.63, 3.8) is 0 Å². The predicted molar refractivity (Wildman–Crippen MR) is 84.1 cm³/mol. The van der Waals surface area contributed by atoms with Gasteiger partial charge in [-0.3, -0.25) is 9.69 Å². The number of hydrogen-bond donors (Lipinski definition) is 1. The minimum atomic E-state index is 0.219. The number of carbonyl (C=O) groups is 1. The zero-order valence-electron chi connectivity index (χ0n) is 13.4. The van der Waals surface area contributed by atoms with Crippen molar-refractivity contribution in [2.75, 3.05) is 26.2 Å². The number of carbonyl (C=O) groups excluding carboxylic acids is 1. The van der Waals surface area contributed by atoms with Crippen molar-refractivity contribution in [3.8, 4) is 0 Å². The third-order valence-corrected chi connectivity index (χ3v) is 5.59. The number of nitrogens with one attached hydrogen (secondary N) is 1. The van der Waals surface area contributed by atoms with Crippen molar-refractivity contribution in [1.29, 1.82) is 0 Å². The van der Waals surface area contributed by atoms with Crippen LogP contribution in [0.5, 0.6) is 0 Å². The number of nitrogens with zero attached hydrogens (tertiary/aromatic N) is 3. The summed E-state index contributed by atoms with van der Waals surface area (Å²) in [4.78, 5) is 25.3. The molecule has 2 heterocycles. The van der Waals surface area contributed by atoms with E-state index in [2.05, 4.69) is 26.7 Å². The molecule has 1 aromatic heterocycles. The lowest BCUT2D eigenvalue weighted by Crippen LogP contribution is -2.52. The van der Waals surface area contributed by atoms with E-state index < -0.39 is 0 Å². The first kappa shape index (κ1) is 14.2. The zero-order valence-corrected chi connectivity index (χ0v) is 13.4. The van der Waals surface area contributed by atoms with E-state index in [1.807, 2.05) is 6.20 Å². The highest BCUT2D eigenvalue weighted by molar-refractivity contribution is 5.80. The van der Waals surface area contributed by atoms with Gasteiger partial charge in [-0.15, -0.1) is 0 Å². The van der Waals surface area contributed by atoms with Gasteiger partial charge in [0.05, 0.1) is 6.04 Å². The average molecular weight is 302 g/mol. The Morgan fingerprint density at radius 1 is 1.32 bits per heavy atom. The van der Waals surface area contributed by atoms with Crippen molar-refractivity contribution in [2.45, 2.75) is 38.6 Å². The molecule has 120 valence electrons. The Hall–Kier alpha value is -1.36.